The van der Waals surface area contributed by atoms with E-state index in [-0.39, 0.29) is 35.3 Å². The molecule has 1 saturated heterocycles. The topological polar surface area (TPSA) is 74.8 Å². The molecule has 0 aliphatic carbocycles. The molecule has 1 aliphatic rings. The standard InChI is InChI=1S/C15H17BrN2O4S3/c1-12-2-4-13(5-3-12)24(19,20)17-8-10-18(11-9-17)25(21,22)15-7-6-14(16)23-15/h2-7H,8-11H2,1H3. The molecule has 1 aromatic heterocycles. The minimum atomic E-state index is -3.60. The molecule has 0 radical (unpaired) electrons. The van der Waals surface area contributed by atoms with E-state index < -0.39 is 20.0 Å². The van der Waals surface area contributed by atoms with E-state index in [2.05, 4.69) is 15.9 Å². The van der Waals surface area contributed by atoms with Crippen LogP contribution < -0.4 is 0 Å². The highest BCUT2D eigenvalue weighted by molar-refractivity contribution is 9.11. The molecule has 25 heavy (non-hydrogen) atoms. The van der Waals surface area contributed by atoms with Crippen molar-refractivity contribution in [1.29, 1.82) is 0 Å². The predicted octanol–water partition coefficient (Wildman–Crippen LogP) is 2.51. The monoisotopic (exact) mass is 464 g/mol. The highest BCUT2D eigenvalue weighted by Gasteiger charge is 2.34. The van der Waals surface area contributed by atoms with Crippen LogP contribution >= 0.6 is 27.3 Å². The van der Waals surface area contributed by atoms with Gasteiger partial charge in [-0.3, -0.25) is 0 Å². The molecule has 1 aromatic carbocycles. The summed E-state index contributed by atoms with van der Waals surface area (Å²) in [6.45, 7) is 2.46. The van der Waals surface area contributed by atoms with Crippen molar-refractivity contribution in [1.82, 2.24) is 8.61 Å². The number of piperazine rings is 1. The summed E-state index contributed by atoms with van der Waals surface area (Å²) in [5.74, 6) is 0. The Morgan fingerprint density at radius 2 is 1.36 bits per heavy atom. The number of hydrogen-bond acceptors (Lipinski definition) is 5. The van der Waals surface area contributed by atoms with E-state index >= 15 is 0 Å². The first kappa shape index (κ1) is 19.0. The van der Waals surface area contributed by atoms with E-state index in [1.54, 1.807) is 36.4 Å². The molecule has 0 amide bonds. The van der Waals surface area contributed by atoms with Gasteiger partial charge in [-0.15, -0.1) is 11.3 Å². The maximum atomic E-state index is 12.7. The van der Waals surface area contributed by atoms with Gasteiger partial charge >= 0.3 is 0 Å². The van der Waals surface area contributed by atoms with Crippen molar-refractivity contribution in [3.05, 3.63) is 45.7 Å². The van der Waals surface area contributed by atoms with Gasteiger partial charge < -0.3 is 0 Å². The summed E-state index contributed by atoms with van der Waals surface area (Å²) in [6, 6.07) is 9.91. The fourth-order valence-corrected chi connectivity index (χ4v) is 7.58. The SMILES string of the molecule is Cc1ccc(S(=O)(=O)N2CCN(S(=O)(=O)c3ccc(Br)s3)CC2)cc1. The van der Waals surface area contributed by atoms with E-state index in [0.29, 0.717) is 0 Å². The molecule has 2 heterocycles. The Balaban J connectivity index is 1.74. The molecule has 1 fully saturated rings. The van der Waals surface area contributed by atoms with Crippen molar-refractivity contribution in [2.45, 2.75) is 16.0 Å². The molecule has 0 spiro atoms. The highest BCUT2D eigenvalue weighted by Crippen LogP contribution is 2.29. The summed E-state index contributed by atoms with van der Waals surface area (Å²) in [5.41, 5.74) is 0.983. The Bertz CT molecular complexity index is 960. The lowest BCUT2D eigenvalue weighted by atomic mass is 10.2. The second-order valence-corrected chi connectivity index (χ2v) is 12.2. The zero-order chi connectivity index (χ0) is 18.2. The number of aryl methyl sites for hydroxylation is 1. The molecule has 10 heteroatoms. The minimum absolute atomic E-state index is 0.141. The fourth-order valence-electron chi connectivity index (χ4n) is 2.57. The normalized spacial score (nSPS) is 17.7. The number of nitrogens with zero attached hydrogens (tertiary/aromatic N) is 2. The van der Waals surface area contributed by atoms with Gasteiger partial charge in [0.1, 0.15) is 4.21 Å². The predicted molar refractivity (Wildman–Crippen MR) is 101 cm³/mol. The van der Waals surface area contributed by atoms with E-state index in [1.165, 1.54) is 8.61 Å². The van der Waals surface area contributed by atoms with Gasteiger partial charge in [0.15, 0.2) is 0 Å². The summed E-state index contributed by atoms with van der Waals surface area (Å²) < 4.78 is 54.3. The van der Waals surface area contributed by atoms with Crippen molar-refractivity contribution < 1.29 is 16.8 Å². The van der Waals surface area contributed by atoms with Gasteiger partial charge in [0.05, 0.1) is 8.68 Å². The smallest absolute Gasteiger partial charge is 0.207 e. The quantitative estimate of drug-likeness (QED) is 0.696. The van der Waals surface area contributed by atoms with Crippen LogP contribution in [0.4, 0.5) is 0 Å². The van der Waals surface area contributed by atoms with E-state index in [9.17, 15) is 16.8 Å². The van der Waals surface area contributed by atoms with Crippen LogP contribution in [0.2, 0.25) is 0 Å². The van der Waals surface area contributed by atoms with Gasteiger partial charge in [-0.1, -0.05) is 17.7 Å². The van der Waals surface area contributed by atoms with Gasteiger partial charge in [-0.2, -0.15) is 8.61 Å². The van der Waals surface area contributed by atoms with Gasteiger partial charge in [0.25, 0.3) is 10.0 Å². The molecule has 0 bridgehead atoms. The lowest BCUT2D eigenvalue weighted by molar-refractivity contribution is 0.273. The van der Waals surface area contributed by atoms with Crippen molar-refractivity contribution in [3.63, 3.8) is 0 Å². The molecule has 0 atom stereocenters. The number of halogens is 1. The third kappa shape index (κ3) is 3.83. The van der Waals surface area contributed by atoms with Crippen LogP contribution in [0.1, 0.15) is 5.56 Å². The number of hydrogen-bond donors (Lipinski definition) is 0. The Labute approximate surface area is 160 Å². The van der Waals surface area contributed by atoms with Crippen molar-refractivity contribution in [2.75, 3.05) is 26.2 Å². The van der Waals surface area contributed by atoms with Crippen LogP contribution in [0.3, 0.4) is 0 Å². The summed E-state index contributed by atoms with van der Waals surface area (Å²) in [6.07, 6.45) is 0. The molecular weight excluding hydrogens is 448 g/mol. The molecule has 1 aliphatic heterocycles. The van der Waals surface area contributed by atoms with Gasteiger partial charge in [-0.25, -0.2) is 16.8 Å². The van der Waals surface area contributed by atoms with Gasteiger partial charge in [0.2, 0.25) is 10.0 Å². The second-order valence-electron chi connectivity index (χ2n) is 5.68. The van der Waals surface area contributed by atoms with E-state index in [4.69, 9.17) is 0 Å². The summed E-state index contributed by atoms with van der Waals surface area (Å²) in [5, 5.41) is 0. The van der Waals surface area contributed by atoms with Crippen LogP contribution in [0.5, 0.6) is 0 Å². The Kier molecular flexibility index (Phi) is 5.38. The Hall–Kier alpha value is -0.780. The molecule has 136 valence electrons. The van der Waals surface area contributed by atoms with E-state index in [1.807, 2.05) is 6.92 Å². The van der Waals surface area contributed by atoms with Crippen LogP contribution in [-0.2, 0) is 20.0 Å². The van der Waals surface area contributed by atoms with Gasteiger partial charge in [-0.05, 0) is 47.1 Å². The molecule has 3 rings (SSSR count). The number of sulfonamides is 2. The third-order valence-electron chi connectivity index (χ3n) is 4.00. The average Bonchev–Trinajstić information content (AvgIpc) is 3.03. The maximum absolute atomic E-state index is 12.7. The molecule has 0 unspecified atom stereocenters. The minimum Gasteiger partial charge on any atom is -0.207 e. The van der Waals surface area contributed by atoms with Crippen LogP contribution in [0.15, 0.2) is 49.3 Å². The lowest BCUT2D eigenvalue weighted by Crippen LogP contribution is -2.50. The fraction of sp³-hybridized carbons (Fsp3) is 0.333. The van der Waals surface area contributed by atoms with Crippen molar-refractivity contribution in [2.24, 2.45) is 0 Å². The van der Waals surface area contributed by atoms with Crippen LogP contribution in [-0.4, -0.2) is 51.6 Å². The Morgan fingerprint density at radius 1 is 0.840 bits per heavy atom. The molecule has 6 nitrogen and oxygen atoms in total. The number of benzene rings is 1. The largest absolute Gasteiger partial charge is 0.252 e. The molecule has 0 saturated carbocycles. The zero-order valence-electron chi connectivity index (χ0n) is 13.4. The van der Waals surface area contributed by atoms with Gasteiger partial charge in [0, 0.05) is 26.2 Å². The first-order valence-electron chi connectivity index (χ1n) is 7.53. The third-order valence-corrected chi connectivity index (χ3v) is 9.90. The average molecular weight is 465 g/mol. The first-order valence-corrected chi connectivity index (χ1v) is 12.0. The van der Waals surface area contributed by atoms with Crippen LogP contribution in [0, 0.1) is 6.92 Å². The number of thiophene rings is 1. The van der Waals surface area contributed by atoms with Crippen molar-refractivity contribution >= 4 is 47.3 Å². The maximum Gasteiger partial charge on any atom is 0.252 e. The molecule has 0 N–H and O–H groups in total. The summed E-state index contributed by atoms with van der Waals surface area (Å²) in [4.78, 5) is 0.233. The van der Waals surface area contributed by atoms with Crippen LogP contribution in [0.25, 0.3) is 0 Å². The summed E-state index contributed by atoms with van der Waals surface area (Å²) in [7, 11) is -7.18. The lowest BCUT2D eigenvalue weighted by Gasteiger charge is -2.32. The summed E-state index contributed by atoms with van der Waals surface area (Å²) >= 11 is 4.41. The highest BCUT2D eigenvalue weighted by atomic mass is 79.9. The Morgan fingerprint density at radius 3 is 1.84 bits per heavy atom. The molecule has 2 aromatic rings. The first-order chi connectivity index (χ1) is 11.7. The zero-order valence-corrected chi connectivity index (χ0v) is 17.5. The number of rotatable bonds is 4. The molecular formula is C15H17BrN2O4S3. The van der Waals surface area contributed by atoms with E-state index in [0.717, 1.165) is 20.7 Å². The second kappa shape index (κ2) is 7.09. The van der Waals surface area contributed by atoms with Crippen molar-refractivity contribution in [3.8, 4) is 0 Å².